The van der Waals surface area contributed by atoms with Gasteiger partial charge >= 0.3 is 0 Å². The van der Waals surface area contributed by atoms with Gasteiger partial charge in [-0.15, -0.1) is 11.8 Å². The number of ether oxygens (including phenoxy) is 1. The van der Waals surface area contributed by atoms with E-state index in [0.29, 0.717) is 12.2 Å². The predicted octanol–water partition coefficient (Wildman–Crippen LogP) is 6.52. The second kappa shape index (κ2) is 10.4. The fourth-order valence-electron chi connectivity index (χ4n) is 2.83. The van der Waals surface area contributed by atoms with Crippen molar-refractivity contribution in [2.75, 3.05) is 6.61 Å². The zero-order valence-corrected chi connectivity index (χ0v) is 18.1. The van der Waals surface area contributed by atoms with Gasteiger partial charge in [-0.05, 0) is 73.5 Å². The Labute approximate surface area is 181 Å². The molecule has 0 bridgehead atoms. The summed E-state index contributed by atoms with van der Waals surface area (Å²) in [6.07, 6.45) is 0. The summed E-state index contributed by atoms with van der Waals surface area (Å²) in [5.74, 6) is 1.59. The van der Waals surface area contributed by atoms with E-state index in [2.05, 4.69) is 5.32 Å². The topological polar surface area (TPSA) is 38.3 Å². The standard InChI is InChI=1S/C24H24ClNO2S/c1-3-28-22-12-8-19(9-13-22)17(2)26-24(27)20-6-4-18(5-7-20)16-29-23-14-10-21(25)11-15-23/h4-15,17H,3,16H2,1-2H3,(H,26,27). The molecule has 1 amide bonds. The minimum Gasteiger partial charge on any atom is -0.494 e. The van der Waals surface area contributed by atoms with Crippen LogP contribution in [0, 0.1) is 0 Å². The number of nitrogens with one attached hydrogen (secondary N) is 1. The van der Waals surface area contributed by atoms with E-state index in [9.17, 15) is 4.79 Å². The molecule has 0 aliphatic heterocycles. The Bertz CT molecular complexity index is 925. The maximum atomic E-state index is 12.6. The maximum absolute atomic E-state index is 12.6. The number of rotatable bonds is 8. The van der Waals surface area contributed by atoms with Crippen molar-refractivity contribution in [1.29, 1.82) is 0 Å². The summed E-state index contributed by atoms with van der Waals surface area (Å²) < 4.78 is 5.46. The third-order valence-electron chi connectivity index (χ3n) is 4.47. The van der Waals surface area contributed by atoms with Gasteiger partial charge in [0.05, 0.1) is 12.6 Å². The molecule has 1 N–H and O–H groups in total. The van der Waals surface area contributed by atoms with Crippen LogP contribution in [0.2, 0.25) is 5.02 Å². The molecule has 0 saturated heterocycles. The van der Waals surface area contributed by atoms with Crippen LogP contribution >= 0.6 is 23.4 Å². The van der Waals surface area contributed by atoms with Crippen LogP contribution in [-0.2, 0) is 5.75 Å². The summed E-state index contributed by atoms with van der Waals surface area (Å²) in [5.41, 5.74) is 2.86. The molecule has 0 aliphatic carbocycles. The van der Waals surface area contributed by atoms with E-state index in [4.69, 9.17) is 16.3 Å². The molecule has 0 fully saturated rings. The Hall–Kier alpha value is -2.43. The molecule has 1 unspecified atom stereocenters. The third kappa shape index (κ3) is 6.28. The molecule has 0 heterocycles. The van der Waals surface area contributed by atoms with Crippen LogP contribution in [0.25, 0.3) is 0 Å². The monoisotopic (exact) mass is 425 g/mol. The summed E-state index contributed by atoms with van der Waals surface area (Å²) in [6, 6.07) is 23.3. The van der Waals surface area contributed by atoms with E-state index in [1.54, 1.807) is 11.8 Å². The summed E-state index contributed by atoms with van der Waals surface area (Å²) in [4.78, 5) is 13.7. The van der Waals surface area contributed by atoms with Crippen LogP contribution < -0.4 is 10.1 Å². The Morgan fingerprint density at radius 3 is 2.28 bits per heavy atom. The molecule has 150 valence electrons. The molecule has 3 nitrogen and oxygen atoms in total. The highest BCUT2D eigenvalue weighted by molar-refractivity contribution is 7.98. The SMILES string of the molecule is CCOc1ccc(C(C)NC(=O)c2ccc(CSc3ccc(Cl)cc3)cc2)cc1. The van der Waals surface area contributed by atoms with Gasteiger partial charge in [-0.2, -0.15) is 0 Å². The lowest BCUT2D eigenvalue weighted by atomic mass is 10.1. The number of carbonyl (C=O) groups excluding carboxylic acids is 1. The lowest BCUT2D eigenvalue weighted by Crippen LogP contribution is -2.26. The summed E-state index contributed by atoms with van der Waals surface area (Å²) >= 11 is 7.66. The zero-order chi connectivity index (χ0) is 20.6. The minimum atomic E-state index is -0.0849. The lowest BCUT2D eigenvalue weighted by Gasteiger charge is -2.15. The number of amides is 1. The summed E-state index contributed by atoms with van der Waals surface area (Å²) in [7, 11) is 0. The van der Waals surface area contributed by atoms with Crippen molar-refractivity contribution in [3.05, 3.63) is 94.5 Å². The highest BCUT2D eigenvalue weighted by Gasteiger charge is 2.11. The first kappa shape index (κ1) is 21.3. The van der Waals surface area contributed by atoms with Gasteiger partial charge < -0.3 is 10.1 Å². The van der Waals surface area contributed by atoms with Crippen molar-refractivity contribution in [1.82, 2.24) is 5.32 Å². The van der Waals surface area contributed by atoms with Gasteiger partial charge in [-0.1, -0.05) is 35.9 Å². The van der Waals surface area contributed by atoms with Gasteiger partial charge in [0.1, 0.15) is 5.75 Å². The molecule has 0 aliphatic rings. The van der Waals surface area contributed by atoms with Crippen molar-refractivity contribution in [3.8, 4) is 5.75 Å². The molecule has 0 radical (unpaired) electrons. The summed E-state index contributed by atoms with van der Waals surface area (Å²) in [6.45, 7) is 4.57. The Kier molecular flexibility index (Phi) is 7.62. The van der Waals surface area contributed by atoms with Gasteiger partial charge in [0, 0.05) is 21.2 Å². The van der Waals surface area contributed by atoms with E-state index in [1.807, 2.05) is 86.6 Å². The first-order valence-corrected chi connectivity index (χ1v) is 10.9. The number of carbonyl (C=O) groups is 1. The fraction of sp³-hybridized carbons (Fsp3) is 0.208. The number of hydrogen-bond acceptors (Lipinski definition) is 3. The number of benzene rings is 3. The molecule has 3 aromatic carbocycles. The lowest BCUT2D eigenvalue weighted by molar-refractivity contribution is 0.0940. The highest BCUT2D eigenvalue weighted by Crippen LogP contribution is 2.24. The maximum Gasteiger partial charge on any atom is 0.251 e. The molecule has 1 atom stereocenters. The first-order valence-electron chi connectivity index (χ1n) is 9.56. The van der Waals surface area contributed by atoms with Crippen LogP contribution in [0.15, 0.2) is 77.7 Å². The Balaban J connectivity index is 1.54. The normalized spacial score (nSPS) is 11.7. The molecule has 3 aromatic rings. The van der Waals surface area contributed by atoms with Crippen LogP contribution in [0.3, 0.4) is 0 Å². The molecule has 3 rings (SSSR count). The quantitative estimate of drug-likeness (QED) is 0.417. The second-order valence-corrected chi connectivity index (χ2v) is 8.12. The third-order valence-corrected chi connectivity index (χ3v) is 5.81. The second-order valence-electron chi connectivity index (χ2n) is 6.64. The zero-order valence-electron chi connectivity index (χ0n) is 16.5. The van der Waals surface area contributed by atoms with E-state index >= 15 is 0 Å². The van der Waals surface area contributed by atoms with Gasteiger partial charge in [-0.25, -0.2) is 0 Å². The van der Waals surface area contributed by atoms with Crippen LogP contribution in [-0.4, -0.2) is 12.5 Å². The molecule has 5 heteroatoms. The smallest absolute Gasteiger partial charge is 0.251 e. The summed E-state index contributed by atoms with van der Waals surface area (Å²) in [5, 5.41) is 3.79. The van der Waals surface area contributed by atoms with Gasteiger partial charge in [0.15, 0.2) is 0 Å². The Morgan fingerprint density at radius 1 is 1.00 bits per heavy atom. The van der Waals surface area contributed by atoms with E-state index in [1.165, 1.54) is 10.5 Å². The molecular weight excluding hydrogens is 402 g/mol. The van der Waals surface area contributed by atoms with Crippen molar-refractivity contribution in [2.24, 2.45) is 0 Å². The Morgan fingerprint density at radius 2 is 1.66 bits per heavy atom. The molecule has 0 spiro atoms. The van der Waals surface area contributed by atoms with Crippen molar-refractivity contribution in [2.45, 2.75) is 30.5 Å². The van der Waals surface area contributed by atoms with E-state index < -0.39 is 0 Å². The number of halogens is 1. The fourth-order valence-corrected chi connectivity index (χ4v) is 3.81. The number of thioether (sulfide) groups is 1. The predicted molar refractivity (Wildman–Crippen MR) is 121 cm³/mol. The molecule has 0 saturated carbocycles. The minimum absolute atomic E-state index is 0.0803. The van der Waals surface area contributed by atoms with Crippen molar-refractivity contribution in [3.63, 3.8) is 0 Å². The van der Waals surface area contributed by atoms with Gasteiger partial charge in [0.2, 0.25) is 0 Å². The molecule has 0 aromatic heterocycles. The van der Waals surface area contributed by atoms with Crippen LogP contribution in [0.1, 0.15) is 41.4 Å². The largest absolute Gasteiger partial charge is 0.494 e. The van der Waals surface area contributed by atoms with E-state index in [0.717, 1.165) is 22.1 Å². The van der Waals surface area contributed by atoms with E-state index in [-0.39, 0.29) is 11.9 Å². The first-order chi connectivity index (χ1) is 14.0. The van der Waals surface area contributed by atoms with Gasteiger partial charge in [0.25, 0.3) is 5.91 Å². The molecular formula is C24H24ClNO2S. The number of hydrogen-bond donors (Lipinski definition) is 1. The van der Waals surface area contributed by atoms with Crippen molar-refractivity contribution < 1.29 is 9.53 Å². The highest BCUT2D eigenvalue weighted by atomic mass is 35.5. The average molecular weight is 426 g/mol. The van der Waals surface area contributed by atoms with Crippen molar-refractivity contribution >= 4 is 29.3 Å². The van der Waals surface area contributed by atoms with Crippen LogP contribution in [0.5, 0.6) is 5.75 Å². The average Bonchev–Trinajstić information content (AvgIpc) is 2.74. The van der Waals surface area contributed by atoms with Crippen LogP contribution in [0.4, 0.5) is 0 Å². The molecule has 29 heavy (non-hydrogen) atoms. The van der Waals surface area contributed by atoms with Gasteiger partial charge in [-0.3, -0.25) is 4.79 Å².